The minimum Gasteiger partial charge on any atom is -0.497 e. The Hall–Kier alpha value is -4.91. The van der Waals surface area contributed by atoms with Crippen LogP contribution in [-0.4, -0.2) is 39.6 Å². The fraction of sp³-hybridized carbons (Fsp3) is 0.129. The summed E-state index contributed by atoms with van der Waals surface area (Å²) in [6.45, 7) is 0. The quantitative estimate of drug-likeness (QED) is 0.189. The first-order valence-corrected chi connectivity index (χ1v) is 12.1. The van der Waals surface area contributed by atoms with Crippen LogP contribution in [0.1, 0.15) is 28.3 Å². The van der Waals surface area contributed by atoms with Crippen LogP contribution in [0.15, 0.2) is 97.1 Å². The van der Waals surface area contributed by atoms with E-state index in [0.29, 0.717) is 16.9 Å². The molecule has 1 unspecified atom stereocenters. The molecule has 7 heteroatoms. The van der Waals surface area contributed by atoms with Gasteiger partial charge in [0.25, 0.3) is 0 Å². The number of ketones is 1. The van der Waals surface area contributed by atoms with E-state index in [-0.39, 0.29) is 12.2 Å². The van der Waals surface area contributed by atoms with Crippen LogP contribution in [0.3, 0.4) is 0 Å². The average Bonchev–Trinajstić information content (AvgIpc) is 3.27. The smallest absolute Gasteiger partial charge is 0.318 e. The molecular formula is C31H25NO6. The molecule has 7 nitrogen and oxygen atoms in total. The third-order valence-electron chi connectivity index (χ3n) is 6.91. The Morgan fingerprint density at radius 2 is 1.26 bits per heavy atom. The van der Waals surface area contributed by atoms with Crippen LogP contribution in [0.25, 0.3) is 27.5 Å². The van der Waals surface area contributed by atoms with Crippen molar-refractivity contribution in [3.05, 3.63) is 108 Å². The maximum atomic E-state index is 13.1. The number of carbonyl (C=O) groups excluding carboxylic acids is 1. The van der Waals surface area contributed by atoms with Crippen molar-refractivity contribution >= 4 is 39.5 Å². The van der Waals surface area contributed by atoms with Crippen LogP contribution in [0, 0.1) is 5.92 Å². The highest BCUT2D eigenvalue weighted by atomic mass is 16.5. The largest absolute Gasteiger partial charge is 0.497 e. The van der Waals surface area contributed by atoms with E-state index in [2.05, 4.69) is 16.7 Å². The van der Waals surface area contributed by atoms with E-state index >= 15 is 0 Å². The van der Waals surface area contributed by atoms with Crippen LogP contribution >= 0.6 is 0 Å². The van der Waals surface area contributed by atoms with Gasteiger partial charge in [0.15, 0.2) is 11.7 Å². The number of ether oxygens (including phenoxy) is 1. The minimum atomic E-state index is -1.78. The van der Waals surface area contributed by atoms with Crippen molar-refractivity contribution < 1.29 is 29.3 Å². The highest BCUT2D eigenvalue weighted by Crippen LogP contribution is 2.34. The van der Waals surface area contributed by atoms with Crippen LogP contribution in [-0.2, 0) is 9.59 Å². The standard InChI is InChI=1S/C31H25NO6/c1-38-22-16-12-20(13-17-22)28(33)18-25(29(30(34)35)31(36)37)19-10-14-21(15-11-19)32-26-8-4-2-6-23(26)24-7-3-5-9-27(24)32/h2-17,25,29H,18H2,1H3,(H,34,35)(H,36,37). The number of methoxy groups -OCH3 is 1. The Morgan fingerprint density at radius 1 is 0.737 bits per heavy atom. The lowest BCUT2D eigenvalue weighted by Crippen LogP contribution is -2.31. The summed E-state index contributed by atoms with van der Waals surface area (Å²) in [5.74, 6) is -5.60. The maximum Gasteiger partial charge on any atom is 0.318 e. The monoisotopic (exact) mass is 507 g/mol. The number of Topliss-reactive ketones (excluding diaryl/α,β-unsaturated/α-hetero) is 1. The lowest BCUT2D eigenvalue weighted by atomic mass is 9.81. The van der Waals surface area contributed by atoms with Gasteiger partial charge in [0.1, 0.15) is 5.75 Å². The van der Waals surface area contributed by atoms with Crippen molar-refractivity contribution in [2.75, 3.05) is 7.11 Å². The van der Waals surface area contributed by atoms with Gasteiger partial charge < -0.3 is 19.5 Å². The van der Waals surface area contributed by atoms with Gasteiger partial charge in [-0.05, 0) is 54.1 Å². The van der Waals surface area contributed by atoms with Crippen LogP contribution in [0.2, 0.25) is 0 Å². The SMILES string of the molecule is COc1ccc(C(=O)CC(c2ccc(-n3c4ccccc4c4ccccc43)cc2)C(C(=O)O)C(=O)O)cc1. The van der Waals surface area contributed by atoms with E-state index in [0.717, 1.165) is 27.5 Å². The van der Waals surface area contributed by atoms with E-state index in [1.54, 1.807) is 36.4 Å². The Labute approximate surface area is 218 Å². The number of benzene rings is 4. The lowest BCUT2D eigenvalue weighted by molar-refractivity contribution is -0.155. The molecule has 1 aromatic heterocycles. The fourth-order valence-electron chi connectivity index (χ4n) is 5.04. The predicted molar refractivity (Wildman–Crippen MR) is 144 cm³/mol. The average molecular weight is 508 g/mol. The molecule has 0 saturated carbocycles. The second-order valence-electron chi connectivity index (χ2n) is 9.08. The van der Waals surface area contributed by atoms with Gasteiger partial charge >= 0.3 is 11.9 Å². The number of aromatic nitrogens is 1. The summed E-state index contributed by atoms with van der Waals surface area (Å²) in [5, 5.41) is 21.7. The molecule has 0 radical (unpaired) electrons. The predicted octanol–water partition coefficient (Wildman–Crippen LogP) is 5.93. The number of nitrogens with zero attached hydrogens (tertiary/aromatic N) is 1. The number of rotatable bonds is 9. The fourth-order valence-corrected chi connectivity index (χ4v) is 5.04. The van der Waals surface area contributed by atoms with Crippen LogP contribution in [0.4, 0.5) is 0 Å². The van der Waals surface area contributed by atoms with E-state index in [1.807, 2.05) is 48.5 Å². The Balaban J connectivity index is 1.55. The van der Waals surface area contributed by atoms with Gasteiger partial charge in [-0.3, -0.25) is 14.4 Å². The van der Waals surface area contributed by atoms with Crippen molar-refractivity contribution in [3.8, 4) is 11.4 Å². The third-order valence-corrected chi connectivity index (χ3v) is 6.91. The normalized spacial score (nSPS) is 12.1. The molecule has 0 spiro atoms. The molecule has 0 aliphatic rings. The van der Waals surface area contributed by atoms with Gasteiger partial charge in [0.2, 0.25) is 0 Å². The van der Waals surface area contributed by atoms with E-state index in [9.17, 15) is 24.6 Å². The number of carboxylic acids is 2. The van der Waals surface area contributed by atoms with E-state index in [1.165, 1.54) is 7.11 Å². The van der Waals surface area contributed by atoms with Crippen molar-refractivity contribution in [1.82, 2.24) is 4.57 Å². The zero-order valence-electron chi connectivity index (χ0n) is 20.6. The Morgan fingerprint density at radius 3 is 1.76 bits per heavy atom. The molecule has 4 aromatic carbocycles. The molecule has 0 amide bonds. The molecule has 0 aliphatic heterocycles. The summed E-state index contributed by atoms with van der Waals surface area (Å²) in [7, 11) is 1.51. The molecule has 0 saturated heterocycles. The molecule has 1 heterocycles. The first kappa shape index (κ1) is 24.8. The number of fused-ring (bicyclic) bond motifs is 3. The molecule has 190 valence electrons. The second-order valence-corrected chi connectivity index (χ2v) is 9.08. The summed E-state index contributed by atoms with van der Waals surface area (Å²) in [4.78, 5) is 37.1. The molecule has 2 N–H and O–H groups in total. The zero-order valence-corrected chi connectivity index (χ0v) is 20.6. The summed E-state index contributed by atoms with van der Waals surface area (Å²) in [5.41, 5.74) is 3.69. The van der Waals surface area contributed by atoms with Gasteiger partial charge in [-0.1, -0.05) is 48.5 Å². The van der Waals surface area contributed by atoms with Crippen LogP contribution in [0.5, 0.6) is 5.75 Å². The highest BCUT2D eigenvalue weighted by Gasteiger charge is 2.37. The molecule has 5 rings (SSSR count). The van der Waals surface area contributed by atoms with Crippen molar-refractivity contribution in [2.45, 2.75) is 12.3 Å². The molecule has 5 aromatic rings. The Kier molecular flexibility index (Phi) is 6.66. The number of hydrogen-bond donors (Lipinski definition) is 2. The molecular weight excluding hydrogens is 482 g/mol. The summed E-state index contributed by atoms with van der Waals surface area (Å²) in [6.07, 6.45) is -0.273. The number of aliphatic carboxylic acids is 2. The van der Waals surface area contributed by atoms with Gasteiger partial charge in [0, 0.05) is 34.4 Å². The van der Waals surface area contributed by atoms with Gasteiger partial charge in [-0.15, -0.1) is 0 Å². The third kappa shape index (κ3) is 4.50. The molecule has 0 bridgehead atoms. The maximum absolute atomic E-state index is 13.1. The summed E-state index contributed by atoms with van der Waals surface area (Å²) >= 11 is 0. The van der Waals surface area contributed by atoms with E-state index < -0.39 is 23.8 Å². The molecule has 38 heavy (non-hydrogen) atoms. The molecule has 0 aliphatic carbocycles. The van der Waals surface area contributed by atoms with Crippen molar-refractivity contribution in [2.24, 2.45) is 5.92 Å². The summed E-state index contributed by atoms with van der Waals surface area (Å²) in [6, 6.07) is 29.6. The Bertz CT molecular complexity index is 1580. The number of para-hydroxylation sites is 2. The van der Waals surface area contributed by atoms with E-state index in [4.69, 9.17) is 4.74 Å². The van der Waals surface area contributed by atoms with Gasteiger partial charge in [0.05, 0.1) is 18.1 Å². The summed E-state index contributed by atoms with van der Waals surface area (Å²) < 4.78 is 7.24. The van der Waals surface area contributed by atoms with Crippen LogP contribution < -0.4 is 4.74 Å². The first-order valence-electron chi connectivity index (χ1n) is 12.1. The highest BCUT2D eigenvalue weighted by molar-refractivity contribution is 6.09. The van der Waals surface area contributed by atoms with Crippen molar-refractivity contribution in [1.29, 1.82) is 0 Å². The molecule has 1 atom stereocenters. The second kappa shape index (κ2) is 10.2. The molecule has 0 fully saturated rings. The number of carboxylic acid groups (broad SMARTS) is 2. The van der Waals surface area contributed by atoms with Gasteiger partial charge in [-0.25, -0.2) is 0 Å². The minimum absolute atomic E-state index is 0.273. The first-order chi connectivity index (χ1) is 18.4. The van der Waals surface area contributed by atoms with Gasteiger partial charge in [-0.2, -0.15) is 0 Å². The lowest BCUT2D eigenvalue weighted by Gasteiger charge is -2.21. The number of carbonyl (C=O) groups is 3. The number of hydrogen-bond acceptors (Lipinski definition) is 4. The topological polar surface area (TPSA) is 106 Å². The zero-order chi connectivity index (χ0) is 26.8. The van der Waals surface area contributed by atoms with Crippen molar-refractivity contribution in [3.63, 3.8) is 0 Å².